The summed E-state index contributed by atoms with van der Waals surface area (Å²) in [5.74, 6) is -1.25. The van der Waals surface area contributed by atoms with Crippen molar-refractivity contribution in [2.24, 2.45) is 0 Å². The van der Waals surface area contributed by atoms with Gasteiger partial charge in [0.25, 0.3) is 5.91 Å². The van der Waals surface area contributed by atoms with E-state index in [1.165, 1.54) is 19.2 Å². The second kappa shape index (κ2) is 6.31. The van der Waals surface area contributed by atoms with E-state index in [9.17, 15) is 22.4 Å². The Balaban J connectivity index is 2.22. The molecule has 0 saturated heterocycles. The summed E-state index contributed by atoms with van der Waals surface area (Å²) in [6.07, 6.45) is -4.62. The molecular weight excluding hydrogens is 382 g/mol. The Morgan fingerprint density at radius 1 is 1.39 bits per heavy atom. The first-order valence-electron chi connectivity index (χ1n) is 6.42. The molecular formula is C14H12BrF4N3O. The van der Waals surface area contributed by atoms with Crippen molar-refractivity contribution in [1.29, 1.82) is 0 Å². The Morgan fingerprint density at radius 3 is 2.57 bits per heavy atom. The zero-order valence-corrected chi connectivity index (χ0v) is 13.7. The van der Waals surface area contributed by atoms with Gasteiger partial charge in [-0.2, -0.15) is 18.3 Å². The van der Waals surface area contributed by atoms with Gasteiger partial charge in [-0.05, 0) is 19.1 Å². The van der Waals surface area contributed by atoms with Crippen LogP contribution in [-0.2, 0) is 12.7 Å². The number of nitrogens with one attached hydrogen (secondary N) is 1. The first-order chi connectivity index (χ1) is 10.6. The summed E-state index contributed by atoms with van der Waals surface area (Å²) in [6.45, 7) is 1.07. The third kappa shape index (κ3) is 3.72. The van der Waals surface area contributed by atoms with Crippen LogP contribution < -0.4 is 0 Å². The highest BCUT2D eigenvalue weighted by Crippen LogP contribution is 2.31. The fourth-order valence-corrected chi connectivity index (χ4v) is 2.37. The zero-order chi connectivity index (χ0) is 17.4. The quantitative estimate of drug-likeness (QED) is 0.803. The maximum absolute atomic E-state index is 13.8. The molecule has 0 aliphatic carbocycles. The van der Waals surface area contributed by atoms with Crippen LogP contribution in [0.25, 0.3) is 0 Å². The van der Waals surface area contributed by atoms with Gasteiger partial charge in [0.2, 0.25) is 0 Å². The number of carbonyl (C=O) groups is 1. The van der Waals surface area contributed by atoms with Crippen molar-refractivity contribution in [3.63, 3.8) is 0 Å². The molecule has 2 aromatic rings. The van der Waals surface area contributed by atoms with E-state index in [2.05, 4.69) is 21.0 Å². The number of carbonyl (C=O) groups excluding carboxylic acids is 1. The highest BCUT2D eigenvalue weighted by Gasteiger charge is 2.37. The predicted molar refractivity (Wildman–Crippen MR) is 78.2 cm³/mol. The molecule has 23 heavy (non-hydrogen) atoms. The van der Waals surface area contributed by atoms with Crippen molar-refractivity contribution >= 4 is 21.8 Å². The molecule has 2 rings (SSSR count). The molecule has 0 atom stereocenters. The summed E-state index contributed by atoms with van der Waals surface area (Å²) >= 11 is 3.12. The lowest BCUT2D eigenvalue weighted by atomic mass is 10.1. The predicted octanol–water partition coefficient (Wildman–Crippen LogP) is 3.91. The van der Waals surface area contributed by atoms with Crippen LogP contribution in [-0.4, -0.2) is 28.1 Å². The summed E-state index contributed by atoms with van der Waals surface area (Å²) in [4.78, 5) is 13.3. The van der Waals surface area contributed by atoms with Gasteiger partial charge < -0.3 is 4.90 Å². The minimum atomic E-state index is -4.62. The van der Waals surface area contributed by atoms with E-state index in [4.69, 9.17) is 0 Å². The molecule has 1 N–H and O–H groups in total. The fraction of sp³-hybridized carbons (Fsp3) is 0.286. The molecule has 1 aromatic carbocycles. The minimum Gasteiger partial charge on any atom is -0.336 e. The van der Waals surface area contributed by atoms with Crippen LogP contribution in [0.4, 0.5) is 17.6 Å². The van der Waals surface area contributed by atoms with Gasteiger partial charge in [0.05, 0.1) is 0 Å². The van der Waals surface area contributed by atoms with E-state index >= 15 is 0 Å². The van der Waals surface area contributed by atoms with Crippen molar-refractivity contribution in [3.8, 4) is 0 Å². The second-order valence-electron chi connectivity index (χ2n) is 4.97. The van der Waals surface area contributed by atoms with E-state index in [0.717, 1.165) is 11.8 Å². The Bertz CT molecular complexity index is 742. The molecule has 0 saturated carbocycles. The molecule has 1 amide bonds. The Kier molecular flexibility index (Phi) is 4.79. The standard InChI is InChI=1S/C14H12BrF4N3O/c1-7-11(20-21-12(7)14(17,18)19)13(23)22(2)6-8-3-4-9(15)5-10(8)16/h3-5H,6H2,1-2H3,(H,20,21). The zero-order valence-electron chi connectivity index (χ0n) is 12.1. The van der Waals surface area contributed by atoms with Gasteiger partial charge in [-0.25, -0.2) is 4.39 Å². The summed E-state index contributed by atoms with van der Waals surface area (Å²) in [5, 5.41) is 5.27. The largest absolute Gasteiger partial charge is 0.433 e. The van der Waals surface area contributed by atoms with Crippen LogP contribution in [0.3, 0.4) is 0 Å². The number of nitrogens with zero attached hydrogens (tertiary/aromatic N) is 2. The van der Waals surface area contributed by atoms with E-state index in [0.29, 0.717) is 4.47 Å². The first kappa shape index (κ1) is 17.5. The number of aromatic amines is 1. The monoisotopic (exact) mass is 393 g/mol. The average Bonchev–Trinajstić information content (AvgIpc) is 2.82. The van der Waals surface area contributed by atoms with Crippen molar-refractivity contribution in [2.75, 3.05) is 7.05 Å². The minimum absolute atomic E-state index is 0.0917. The van der Waals surface area contributed by atoms with Crippen LogP contribution >= 0.6 is 15.9 Å². The molecule has 1 heterocycles. The Labute approximate surface area is 137 Å². The molecule has 4 nitrogen and oxygen atoms in total. The summed E-state index contributed by atoms with van der Waals surface area (Å²) < 4.78 is 52.5. The maximum Gasteiger partial charge on any atom is 0.433 e. The number of hydrogen-bond donors (Lipinski definition) is 1. The van der Waals surface area contributed by atoms with Crippen LogP contribution in [0.1, 0.15) is 27.3 Å². The lowest BCUT2D eigenvalue weighted by molar-refractivity contribution is -0.141. The number of aromatic nitrogens is 2. The normalized spacial score (nSPS) is 11.6. The van der Waals surface area contributed by atoms with Crippen molar-refractivity contribution in [3.05, 3.63) is 51.0 Å². The van der Waals surface area contributed by atoms with Crippen LogP contribution in [0, 0.1) is 12.7 Å². The number of rotatable bonds is 3. The average molecular weight is 394 g/mol. The number of halogens is 5. The molecule has 0 unspecified atom stereocenters. The smallest absolute Gasteiger partial charge is 0.336 e. The molecule has 0 aliphatic rings. The van der Waals surface area contributed by atoms with Gasteiger partial charge in [0.15, 0.2) is 5.69 Å². The van der Waals surface area contributed by atoms with E-state index in [1.807, 2.05) is 5.10 Å². The van der Waals surface area contributed by atoms with E-state index in [1.54, 1.807) is 6.07 Å². The number of amides is 1. The molecule has 9 heteroatoms. The molecule has 0 fully saturated rings. The highest BCUT2D eigenvalue weighted by molar-refractivity contribution is 9.10. The first-order valence-corrected chi connectivity index (χ1v) is 7.22. The topological polar surface area (TPSA) is 49.0 Å². The molecule has 0 aliphatic heterocycles. The van der Waals surface area contributed by atoms with Crippen molar-refractivity contribution < 1.29 is 22.4 Å². The van der Waals surface area contributed by atoms with Gasteiger partial charge in [-0.3, -0.25) is 9.89 Å². The molecule has 0 spiro atoms. The van der Waals surface area contributed by atoms with E-state index < -0.39 is 23.6 Å². The summed E-state index contributed by atoms with van der Waals surface area (Å²) in [6, 6.07) is 4.34. The van der Waals surface area contributed by atoms with Gasteiger partial charge in [0.1, 0.15) is 11.5 Å². The van der Waals surface area contributed by atoms with Gasteiger partial charge >= 0.3 is 6.18 Å². The molecule has 124 valence electrons. The third-order valence-corrected chi connectivity index (χ3v) is 3.76. The molecule has 1 aromatic heterocycles. The maximum atomic E-state index is 13.8. The summed E-state index contributed by atoms with van der Waals surface area (Å²) in [7, 11) is 1.37. The van der Waals surface area contributed by atoms with Crippen LogP contribution in [0.15, 0.2) is 22.7 Å². The molecule has 0 bridgehead atoms. The van der Waals surface area contributed by atoms with Gasteiger partial charge in [-0.1, -0.05) is 22.0 Å². The number of hydrogen-bond acceptors (Lipinski definition) is 2. The van der Waals surface area contributed by atoms with Crippen molar-refractivity contribution in [2.45, 2.75) is 19.6 Å². The highest BCUT2D eigenvalue weighted by atomic mass is 79.9. The van der Waals surface area contributed by atoms with E-state index in [-0.39, 0.29) is 23.4 Å². The Hall–Kier alpha value is -1.90. The van der Waals surface area contributed by atoms with Crippen molar-refractivity contribution in [1.82, 2.24) is 15.1 Å². The number of alkyl halides is 3. The lowest BCUT2D eigenvalue weighted by Gasteiger charge is -2.17. The van der Waals surface area contributed by atoms with Crippen LogP contribution in [0.2, 0.25) is 0 Å². The Morgan fingerprint density at radius 2 is 2.04 bits per heavy atom. The second-order valence-corrected chi connectivity index (χ2v) is 5.88. The van der Waals surface area contributed by atoms with Crippen LogP contribution in [0.5, 0.6) is 0 Å². The van der Waals surface area contributed by atoms with Gasteiger partial charge in [-0.15, -0.1) is 0 Å². The number of benzene rings is 1. The van der Waals surface area contributed by atoms with Gasteiger partial charge in [0, 0.05) is 29.2 Å². The number of H-pyrrole nitrogens is 1. The SMILES string of the molecule is Cc1c(C(=O)N(C)Cc2ccc(Br)cc2F)n[nH]c1C(F)(F)F. The third-order valence-electron chi connectivity index (χ3n) is 3.27. The summed E-state index contributed by atoms with van der Waals surface area (Å²) in [5.41, 5.74) is -1.44. The lowest BCUT2D eigenvalue weighted by Crippen LogP contribution is -2.27. The molecule has 0 radical (unpaired) electrons. The fourth-order valence-electron chi connectivity index (χ4n) is 2.04.